The molecule has 11 heterocycles. The van der Waals surface area contributed by atoms with E-state index in [1.54, 1.807) is 0 Å². The Balaban J connectivity index is 0.650. The van der Waals surface area contributed by atoms with Crippen molar-refractivity contribution in [1.82, 2.24) is 0 Å². The van der Waals surface area contributed by atoms with E-state index in [0.29, 0.717) is 0 Å². The molecule has 11 saturated heterocycles. The second-order valence-corrected chi connectivity index (χ2v) is 30.7. The molecule has 0 amide bonds. The smallest absolute Gasteiger partial charge is 0.187 e. The summed E-state index contributed by atoms with van der Waals surface area (Å²) in [5.41, 5.74) is 0. The summed E-state index contributed by atoms with van der Waals surface area (Å²) < 4.78 is 118. The van der Waals surface area contributed by atoms with Gasteiger partial charge in [-0.1, -0.05) is 0 Å². The van der Waals surface area contributed by atoms with Gasteiger partial charge in [-0.2, -0.15) is 0 Å². The van der Waals surface area contributed by atoms with Crippen molar-refractivity contribution in [2.24, 2.45) is 0 Å². The van der Waals surface area contributed by atoms with Gasteiger partial charge in [0, 0.05) is 6.42 Å². The third-order valence-electron chi connectivity index (χ3n) is 22.8. The molecule has 11 aliphatic rings. The maximum atomic E-state index is 11.5. The molecule has 0 bridgehead atoms. The standard InChI is InChI=1S/C66H112O55/c67-2-13-1-14(78)25(79)57(101-13)112-47-16(4-69)103-59(37(91)27(47)81)114-49-18(6-71)105-61(39(93)29(49)83)116-51-20(8-73)107-63(41(95)31(51)85)118-53-22(10-75)109-65(43(97)33(53)87)120-55-24(12-77)111-66(45(99)35(55)89)121-54-23(11-76)110-64(44(98)34(54)88)119-52-21(9-74)108-62(42(96)32(52)86)117-50-19(7-72)106-60(40(94)30(50)84)115-48-17(5-70)104-58(38(92)28(48)82)113-46-15(3-68)102-56(100)36(90)26(46)80/h13-100H,1-12H2/t13-,14-,15+,16+,17+,18+,19+,20+,21+,22+,23+,24+,25+,26+,27+,28+,29+,30+,31+,32+,33+,34+,35+,36+,37+,38+,39+,40+,41+,42+,43+,44+,45+,46-,47-,48-,49-,50-,51-,52-,53-,54-,55-,56-,57+,58+,59+,60+,61+,62+,63+,64+,65+,66+/m0/s1. The van der Waals surface area contributed by atoms with Crippen LogP contribution in [0.25, 0.3) is 0 Å². The molecule has 55 heteroatoms. The summed E-state index contributed by atoms with van der Waals surface area (Å²) in [6, 6.07) is 0. The number of hydrogen-bond acceptors (Lipinski definition) is 55. The summed E-state index contributed by atoms with van der Waals surface area (Å²) in [5.74, 6) is 0. The lowest BCUT2D eigenvalue weighted by atomic mass is 9.95. The van der Waals surface area contributed by atoms with E-state index < -0.39 is 404 Å². The van der Waals surface area contributed by atoms with Gasteiger partial charge < -0.3 is 273 Å². The van der Waals surface area contributed by atoms with Crippen molar-refractivity contribution in [2.75, 3.05) is 72.7 Å². The molecule has 706 valence electrons. The predicted molar refractivity (Wildman–Crippen MR) is 361 cm³/mol. The molecule has 121 heavy (non-hydrogen) atoms. The van der Waals surface area contributed by atoms with Gasteiger partial charge in [0.1, 0.15) is 250 Å². The minimum Gasteiger partial charge on any atom is -0.394 e. The summed E-state index contributed by atoms with van der Waals surface area (Å²) in [4.78, 5) is 0. The lowest BCUT2D eigenvalue weighted by molar-refractivity contribution is -0.401. The number of aliphatic hydroxyl groups is 34. The van der Waals surface area contributed by atoms with Crippen LogP contribution in [0.4, 0.5) is 0 Å². The van der Waals surface area contributed by atoms with Crippen LogP contribution in [-0.2, 0) is 99.5 Å². The number of aliphatic hydroxyl groups excluding tert-OH is 34. The quantitative estimate of drug-likeness (QED) is 0.0306. The predicted octanol–water partition coefficient (Wildman–Crippen LogP) is -24.0. The highest BCUT2D eigenvalue weighted by atomic mass is 16.8. The van der Waals surface area contributed by atoms with Crippen LogP contribution in [0.3, 0.4) is 0 Å². The number of hydrogen-bond donors (Lipinski definition) is 34. The largest absolute Gasteiger partial charge is 0.394 e. The van der Waals surface area contributed by atoms with E-state index in [1.165, 1.54) is 0 Å². The van der Waals surface area contributed by atoms with E-state index in [-0.39, 0.29) is 6.42 Å². The molecule has 0 saturated carbocycles. The topological polar surface area (TPSA) is 882 Å². The van der Waals surface area contributed by atoms with E-state index in [2.05, 4.69) is 0 Å². The fourth-order valence-electron chi connectivity index (χ4n) is 15.9. The Morgan fingerprint density at radius 3 is 0.446 bits per heavy atom. The van der Waals surface area contributed by atoms with Crippen molar-refractivity contribution in [3.63, 3.8) is 0 Å². The van der Waals surface area contributed by atoms with Crippen LogP contribution in [0, 0.1) is 0 Å². The molecular formula is C66H112O55. The third kappa shape index (κ3) is 20.8. The second-order valence-electron chi connectivity index (χ2n) is 30.7. The van der Waals surface area contributed by atoms with Gasteiger partial charge in [-0.05, 0) is 0 Å². The van der Waals surface area contributed by atoms with Crippen LogP contribution in [0.2, 0.25) is 0 Å². The van der Waals surface area contributed by atoms with Crippen LogP contribution in [-0.4, -0.2) is 578 Å². The second kappa shape index (κ2) is 43.2. The first kappa shape index (κ1) is 99.4. The molecule has 0 spiro atoms. The molecular weight excluding hydrogens is 1670 g/mol. The van der Waals surface area contributed by atoms with Crippen molar-refractivity contribution in [1.29, 1.82) is 0 Å². The Hall–Kier alpha value is -2.20. The van der Waals surface area contributed by atoms with E-state index in [9.17, 15) is 174 Å². The molecule has 0 aliphatic carbocycles. The highest BCUT2D eigenvalue weighted by Gasteiger charge is 2.62. The van der Waals surface area contributed by atoms with E-state index >= 15 is 0 Å². The van der Waals surface area contributed by atoms with Gasteiger partial charge in [0.25, 0.3) is 0 Å². The van der Waals surface area contributed by atoms with Gasteiger partial charge in [-0.15, -0.1) is 0 Å². The van der Waals surface area contributed by atoms with Gasteiger partial charge in [0.2, 0.25) is 0 Å². The van der Waals surface area contributed by atoms with Crippen molar-refractivity contribution < 1.29 is 273 Å². The molecule has 0 aromatic heterocycles. The van der Waals surface area contributed by atoms with E-state index in [0.717, 1.165) is 0 Å². The van der Waals surface area contributed by atoms with Crippen molar-refractivity contribution >= 4 is 0 Å². The zero-order valence-corrected chi connectivity index (χ0v) is 63.4. The van der Waals surface area contributed by atoms with E-state index in [1.807, 2.05) is 0 Å². The summed E-state index contributed by atoms with van der Waals surface area (Å²) in [6.45, 7) is -11.4. The highest BCUT2D eigenvalue weighted by Crippen LogP contribution is 2.42. The van der Waals surface area contributed by atoms with Gasteiger partial charge >= 0.3 is 0 Å². The minimum atomic E-state index is -2.34. The molecule has 55 nitrogen and oxygen atoms in total. The lowest BCUT2D eigenvalue weighted by Crippen LogP contribution is -2.68. The van der Waals surface area contributed by atoms with Crippen LogP contribution >= 0.6 is 0 Å². The third-order valence-corrected chi connectivity index (χ3v) is 22.8. The lowest BCUT2D eigenvalue weighted by Gasteiger charge is -2.50. The van der Waals surface area contributed by atoms with Gasteiger partial charge in [0.15, 0.2) is 69.2 Å². The Bertz CT molecular complexity index is 3040. The molecule has 11 fully saturated rings. The average Bonchev–Trinajstić information content (AvgIpc) is 0.776. The summed E-state index contributed by atoms with van der Waals surface area (Å²) in [6.07, 6.45) is -108. The molecule has 0 unspecified atom stereocenters. The van der Waals surface area contributed by atoms with Crippen molar-refractivity contribution in [2.45, 2.75) is 338 Å². The first-order valence-electron chi connectivity index (χ1n) is 38.6. The zero-order chi connectivity index (χ0) is 88.5. The SMILES string of the molecule is OC[C@@H]1C[C@H](O)[C@@H](O)[C@@H](O[C@@H]2[C@H](O)[C@@H](O)[C@@H](O[C@@H]3[C@H](O)[C@@H](O)[C@@H](O[C@@H]4[C@H](O)[C@@H](O)[C@@H](O[C@@H]5[C@H](O)[C@@H](O)[C@@H](O[C@@H]6[C@H](O)[C@@H](O)[C@@H](O[C@@H]7[C@H](O)[C@@H](O)[C@@H](O[C@@H]8[C@H](O)[C@@H](O)[C@@H](O[C@@H]9[C@H](O)[C@@H](O)[C@@H](O[C@@H]%10[C@H](O)[C@@H](O)[C@@H](O[C@@H]%11[C@H](O)[C@@H](O)[C@@H](O)O[C@@H]%11CO)O[C@@H]%10CO)O[C@@H]9CO)O[C@@H]8CO)O[C@@H]7CO)O[C@@H]6CO)O[C@@H]5CO)O[C@@H]4CO)O[C@@H]3CO)O[C@@H]2CO)O1. The fourth-order valence-corrected chi connectivity index (χ4v) is 15.9. The van der Waals surface area contributed by atoms with Gasteiger partial charge in [0.05, 0.1) is 84.9 Å². The molecule has 11 aliphatic heterocycles. The van der Waals surface area contributed by atoms with Crippen molar-refractivity contribution in [3.05, 3.63) is 0 Å². The normalized spacial score (nSPS) is 53.5. The minimum absolute atomic E-state index is 0.201. The fraction of sp³-hybridized carbons (Fsp3) is 1.00. The summed E-state index contributed by atoms with van der Waals surface area (Å²) >= 11 is 0. The average molecular weight is 1790 g/mol. The molecule has 0 aromatic carbocycles. The van der Waals surface area contributed by atoms with E-state index in [4.69, 9.17) is 99.5 Å². The van der Waals surface area contributed by atoms with Gasteiger partial charge in [-0.25, -0.2) is 0 Å². The van der Waals surface area contributed by atoms with Crippen LogP contribution in [0.1, 0.15) is 6.42 Å². The van der Waals surface area contributed by atoms with Crippen LogP contribution in [0.5, 0.6) is 0 Å². The Morgan fingerprint density at radius 1 is 0.157 bits per heavy atom. The maximum Gasteiger partial charge on any atom is 0.187 e. The molecule has 54 atom stereocenters. The first-order chi connectivity index (χ1) is 57.5. The Labute approximate surface area is 682 Å². The highest BCUT2D eigenvalue weighted by molar-refractivity contribution is 5.04. The number of ether oxygens (including phenoxy) is 21. The molecule has 0 aromatic rings. The summed E-state index contributed by atoms with van der Waals surface area (Å²) in [5, 5.41) is 369. The van der Waals surface area contributed by atoms with Crippen LogP contribution in [0.15, 0.2) is 0 Å². The Kier molecular flexibility index (Phi) is 35.5. The maximum absolute atomic E-state index is 11.5. The zero-order valence-electron chi connectivity index (χ0n) is 63.4. The Morgan fingerprint density at radius 2 is 0.298 bits per heavy atom. The van der Waals surface area contributed by atoms with Crippen molar-refractivity contribution in [3.8, 4) is 0 Å². The first-order valence-corrected chi connectivity index (χ1v) is 38.6. The number of rotatable bonds is 31. The summed E-state index contributed by atoms with van der Waals surface area (Å²) in [7, 11) is 0. The van der Waals surface area contributed by atoms with Crippen LogP contribution < -0.4 is 0 Å². The monoisotopic (exact) mass is 1780 g/mol. The molecule has 34 N–H and O–H groups in total. The molecule has 0 radical (unpaired) electrons. The molecule has 11 rings (SSSR count). The van der Waals surface area contributed by atoms with Gasteiger partial charge in [-0.3, -0.25) is 0 Å².